The minimum Gasteiger partial charge on any atom is -0.453 e. The smallest absolute Gasteiger partial charge is 0.344 e. The van der Waals surface area contributed by atoms with Crippen LogP contribution in [0.15, 0.2) is 26.8 Å². The van der Waals surface area contributed by atoms with E-state index < -0.39 is 11.9 Å². The second kappa shape index (κ2) is 4.37. The molecule has 1 aliphatic heterocycles. The number of amides is 3. The minimum atomic E-state index is -0.590. The molecule has 1 saturated heterocycles. The number of nitrogens with zero attached hydrogens (tertiary/aromatic N) is 5. The molecule has 86 valence electrons. The van der Waals surface area contributed by atoms with Gasteiger partial charge in [-0.05, 0) is 22.8 Å². The van der Waals surface area contributed by atoms with Gasteiger partial charge in [0.05, 0.1) is 6.21 Å². The molecule has 1 aromatic heterocycles. The summed E-state index contributed by atoms with van der Waals surface area (Å²) in [6, 6.07) is 2.38. The number of rotatable bonds is 3. The third-order valence-corrected chi connectivity index (χ3v) is 1.85. The monoisotopic (exact) mass is 234 g/mol. The van der Waals surface area contributed by atoms with E-state index in [-0.39, 0.29) is 12.4 Å². The molecule has 3 amide bonds. The number of furan rings is 1. The zero-order valence-electron chi connectivity index (χ0n) is 8.40. The van der Waals surface area contributed by atoms with Crippen LogP contribution in [-0.2, 0) is 4.79 Å². The summed E-state index contributed by atoms with van der Waals surface area (Å²) < 4.78 is 5.03. The van der Waals surface area contributed by atoms with Gasteiger partial charge in [0.1, 0.15) is 12.3 Å². The number of carbonyl (C=O) groups excluding carboxylic acids is 2. The van der Waals surface area contributed by atoms with Crippen LogP contribution in [0.5, 0.6) is 0 Å². The van der Waals surface area contributed by atoms with Crippen LogP contribution in [0, 0.1) is 0 Å². The second-order valence-electron chi connectivity index (χ2n) is 3.02. The lowest BCUT2D eigenvalue weighted by atomic mass is 10.5. The van der Waals surface area contributed by atoms with Crippen molar-refractivity contribution in [3.05, 3.63) is 28.3 Å². The molecule has 0 bridgehead atoms. The van der Waals surface area contributed by atoms with Crippen molar-refractivity contribution in [1.29, 1.82) is 0 Å². The molecule has 2 rings (SSSR count). The molecular formula is C8H6N6O3. The molecule has 0 saturated carbocycles. The molecule has 0 spiro atoms. The maximum absolute atomic E-state index is 11.1. The highest BCUT2D eigenvalue weighted by Gasteiger charge is 2.25. The van der Waals surface area contributed by atoms with Crippen molar-refractivity contribution in [2.45, 2.75) is 0 Å². The van der Waals surface area contributed by atoms with E-state index in [9.17, 15) is 9.59 Å². The zero-order valence-corrected chi connectivity index (χ0v) is 8.40. The van der Waals surface area contributed by atoms with Gasteiger partial charge in [0.2, 0.25) is 5.91 Å². The fourth-order valence-electron chi connectivity index (χ4n) is 1.16. The fraction of sp³-hybridized carbons (Fsp3) is 0.125. The van der Waals surface area contributed by atoms with Crippen LogP contribution in [0.4, 0.5) is 10.7 Å². The molecule has 9 heteroatoms. The lowest BCUT2D eigenvalue weighted by molar-refractivity contribution is -0.118. The van der Waals surface area contributed by atoms with Crippen LogP contribution in [0.1, 0.15) is 5.76 Å². The van der Waals surface area contributed by atoms with Crippen molar-refractivity contribution in [2.24, 2.45) is 10.2 Å². The van der Waals surface area contributed by atoms with Crippen LogP contribution in [0.2, 0.25) is 0 Å². The predicted molar refractivity (Wildman–Crippen MR) is 55.4 cm³/mol. The molecule has 0 radical (unpaired) electrons. The predicted octanol–water partition coefficient (Wildman–Crippen LogP) is 1.11. The van der Waals surface area contributed by atoms with Crippen LogP contribution in [-0.4, -0.2) is 29.7 Å². The van der Waals surface area contributed by atoms with Crippen LogP contribution in [0.3, 0.4) is 0 Å². The Morgan fingerprint density at radius 1 is 1.53 bits per heavy atom. The van der Waals surface area contributed by atoms with Crippen molar-refractivity contribution < 1.29 is 14.0 Å². The Bertz CT molecular complexity index is 541. The summed E-state index contributed by atoms with van der Waals surface area (Å²) in [6.07, 6.45) is 1.24. The number of imide groups is 1. The van der Waals surface area contributed by atoms with Crippen molar-refractivity contribution in [1.82, 2.24) is 10.3 Å². The molecule has 1 aromatic rings. The quantitative estimate of drug-likeness (QED) is 0.277. The van der Waals surface area contributed by atoms with Crippen LogP contribution in [0.25, 0.3) is 10.4 Å². The number of carbonyl (C=O) groups is 2. The highest BCUT2D eigenvalue weighted by atomic mass is 16.4. The van der Waals surface area contributed by atoms with E-state index in [1.54, 1.807) is 0 Å². The van der Waals surface area contributed by atoms with Gasteiger partial charge in [-0.1, -0.05) is 0 Å². The molecule has 0 unspecified atom stereocenters. The summed E-state index contributed by atoms with van der Waals surface area (Å²) >= 11 is 0. The first kappa shape index (κ1) is 10.7. The molecule has 0 aromatic carbocycles. The van der Waals surface area contributed by atoms with Crippen LogP contribution < -0.4 is 5.32 Å². The van der Waals surface area contributed by atoms with Gasteiger partial charge >= 0.3 is 6.03 Å². The summed E-state index contributed by atoms with van der Waals surface area (Å²) in [7, 11) is 0. The van der Waals surface area contributed by atoms with Gasteiger partial charge < -0.3 is 4.42 Å². The number of nitrogens with one attached hydrogen (secondary N) is 1. The third-order valence-electron chi connectivity index (χ3n) is 1.85. The summed E-state index contributed by atoms with van der Waals surface area (Å²) in [6.45, 7) is -0.126. The van der Waals surface area contributed by atoms with Gasteiger partial charge in [0, 0.05) is 4.91 Å². The summed E-state index contributed by atoms with van der Waals surface area (Å²) in [5, 5.41) is 10.0. The van der Waals surface area contributed by atoms with Gasteiger partial charge in [0.25, 0.3) is 0 Å². The Hall–Kier alpha value is -2.80. The molecule has 1 N–H and O–H groups in total. The Balaban J connectivity index is 2.07. The zero-order chi connectivity index (χ0) is 12.3. The molecular weight excluding hydrogens is 228 g/mol. The number of azide groups is 1. The summed E-state index contributed by atoms with van der Waals surface area (Å²) in [5.74, 6) is -0.0168. The van der Waals surface area contributed by atoms with Crippen LogP contribution >= 0.6 is 0 Å². The van der Waals surface area contributed by atoms with Gasteiger partial charge in [-0.2, -0.15) is 5.10 Å². The van der Waals surface area contributed by atoms with E-state index in [2.05, 4.69) is 20.4 Å². The van der Waals surface area contributed by atoms with Gasteiger partial charge in [-0.3, -0.25) is 10.1 Å². The standard InChI is InChI=1S/C8H6N6O3/c9-13-12-7-2-1-5(17-7)3-10-14-4-6(15)11-8(14)16/h1-3H,4H2,(H,11,15,16)/b10-3+. The molecule has 17 heavy (non-hydrogen) atoms. The van der Waals surface area contributed by atoms with E-state index in [0.29, 0.717) is 5.76 Å². The van der Waals surface area contributed by atoms with Crippen molar-refractivity contribution in [3.63, 3.8) is 0 Å². The maximum Gasteiger partial charge on any atom is 0.344 e. The highest BCUT2D eigenvalue weighted by molar-refractivity contribution is 6.02. The number of hydrogen-bond acceptors (Lipinski definition) is 5. The average Bonchev–Trinajstić information content (AvgIpc) is 2.83. The summed E-state index contributed by atoms with van der Waals surface area (Å²) in [4.78, 5) is 24.5. The topological polar surface area (TPSA) is 124 Å². The molecule has 2 heterocycles. The van der Waals surface area contributed by atoms with Crippen molar-refractivity contribution >= 4 is 24.0 Å². The van der Waals surface area contributed by atoms with Crippen molar-refractivity contribution in [3.8, 4) is 0 Å². The Labute approximate surface area is 94.3 Å². The third kappa shape index (κ3) is 2.41. The lowest BCUT2D eigenvalue weighted by Gasteiger charge is -2.02. The SMILES string of the molecule is [N-]=[N+]=Nc1ccc(/C=N/N2CC(=O)NC2=O)o1. The van der Waals surface area contributed by atoms with Gasteiger partial charge in [-0.25, -0.2) is 9.80 Å². The van der Waals surface area contributed by atoms with Gasteiger partial charge in [-0.15, -0.1) is 0 Å². The second-order valence-corrected chi connectivity index (χ2v) is 3.02. The number of urea groups is 1. The van der Waals surface area contributed by atoms with E-state index in [1.807, 2.05) is 0 Å². The molecule has 1 fully saturated rings. The fourth-order valence-corrected chi connectivity index (χ4v) is 1.16. The Morgan fingerprint density at radius 3 is 3.00 bits per heavy atom. The molecule has 0 aliphatic carbocycles. The Kier molecular flexibility index (Phi) is 2.75. The number of hydrazone groups is 1. The number of hydrogen-bond donors (Lipinski definition) is 1. The van der Waals surface area contributed by atoms with E-state index in [0.717, 1.165) is 5.01 Å². The average molecular weight is 234 g/mol. The van der Waals surface area contributed by atoms with E-state index in [4.69, 9.17) is 9.95 Å². The lowest BCUT2D eigenvalue weighted by Crippen LogP contribution is -2.24. The minimum absolute atomic E-state index is 0.0934. The largest absolute Gasteiger partial charge is 0.453 e. The normalized spacial score (nSPS) is 15.2. The van der Waals surface area contributed by atoms with Crippen molar-refractivity contribution in [2.75, 3.05) is 6.54 Å². The highest BCUT2D eigenvalue weighted by Crippen LogP contribution is 2.15. The Morgan fingerprint density at radius 2 is 2.35 bits per heavy atom. The first-order chi connectivity index (χ1) is 8.19. The van der Waals surface area contributed by atoms with E-state index in [1.165, 1.54) is 18.3 Å². The maximum atomic E-state index is 11.1. The molecule has 0 atom stereocenters. The van der Waals surface area contributed by atoms with Gasteiger partial charge in [0.15, 0.2) is 5.88 Å². The van der Waals surface area contributed by atoms with E-state index >= 15 is 0 Å². The summed E-state index contributed by atoms with van der Waals surface area (Å²) in [5.41, 5.74) is 8.16. The molecule has 1 aliphatic rings. The molecule has 9 nitrogen and oxygen atoms in total. The first-order valence-corrected chi connectivity index (χ1v) is 4.49. The first-order valence-electron chi connectivity index (χ1n) is 4.49.